The van der Waals surface area contributed by atoms with Crippen molar-refractivity contribution in [3.05, 3.63) is 48.5 Å². The smallest absolute Gasteiger partial charge is 0.193 e. The van der Waals surface area contributed by atoms with Crippen LogP contribution < -0.4 is 20.5 Å². The molecule has 24 heavy (non-hydrogen) atoms. The van der Waals surface area contributed by atoms with Crippen molar-refractivity contribution in [2.75, 3.05) is 31.8 Å². The Hall–Kier alpha value is -2.54. The number of aliphatic imine (C=N–C) groups is 1. The highest BCUT2D eigenvalue weighted by molar-refractivity contribution is 7.85. The third-order valence-corrected chi connectivity index (χ3v) is 4.59. The van der Waals surface area contributed by atoms with E-state index in [0.29, 0.717) is 29.5 Å². The Morgan fingerprint density at radius 1 is 1.17 bits per heavy atom. The molecular formula is C17H21N3O3S. The molecule has 3 N–H and O–H groups in total. The number of benzene rings is 2. The first kappa shape index (κ1) is 17.8. The number of guanidine groups is 1. The number of nitrogens with two attached hydrogens (primary N) is 1. The van der Waals surface area contributed by atoms with Crippen molar-refractivity contribution in [2.45, 2.75) is 4.90 Å². The van der Waals surface area contributed by atoms with E-state index in [0.717, 1.165) is 4.90 Å². The number of ether oxygens (including phenoxy) is 2. The van der Waals surface area contributed by atoms with Gasteiger partial charge in [0.15, 0.2) is 5.96 Å². The SMILES string of the molecule is COc1ccc(OC)c(NC(N)=NCCS(=O)c2ccccc2)c1. The monoisotopic (exact) mass is 347 g/mol. The average Bonchev–Trinajstić information content (AvgIpc) is 2.62. The summed E-state index contributed by atoms with van der Waals surface area (Å²) in [6.07, 6.45) is 0. The standard InChI is InChI=1S/C17H21N3O3S/c1-22-13-8-9-16(23-2)15(12-13)20-17(18)19-10-11-24(21)14-6-4-3-5-7-14/h3-9,12H,10-11H2,1-2H3,(H3,18,19,20). The molecule has 2 aromatic rings. The van der Waals surface area contributed by atoms with Gasteiger partial charge >= 0.3 is 0 Å². The maximum Gasteiger partial charge on any atom is 0.193 e. The number of nitrogens with zero attached hydrogens (tertiary/aromatic N) is 1. The molecule has 0 saturated carbocycles. The zero-order valence-electron chi connectivity index (χ0n) is 13.7. The zero-order valence-corrected chi connectivity index (χ0v) is 14.5. The molecule has 1 atom stereocenters. The minimum absolute atomic E-state index is 0.228. The van der Waals surface area contributed by atoms with Crippen molar-refractivity contribution in [3.8, 4) is 11.5 Å². The molecule has 6 nitrogen and oxygen atoms in total. The second-order valence-electron chi connectivity index (χ2n) is 4.82. The lowest BCUT2D eigenvalue weighted by molar-refractivity contribution is 0.405. The fourth-order valence-electron chi connectivity index (χ4n) is 2.03. The van der Waals surface area contributed by atoms with Gasteiger partial charge in [0.05, 0.1) is 37.3 Å². The van der Waals surface area contributed by atoms with Gasteiger partial charge in [-0.3, -0.25) is 9.20 Å². The van der Waals surface area contributed by atoms with Crippen LogP contribution >= 0.6 is 0 Å². The average molecular weight is 347 g/mol. The van der Waals surface area contributed by atoms with Crippen molar-refractivity contribution in [1.29, 1.82) is 0 Å². The molecule has 1 unspecified atom stereocenters. The summed E-state index contributed by atoms with van der Waals surface area (Å²) in [5, 5.41) is 2.97. The molecule has 0 radical (unpaired) electrons. The fraction of sp³-hybridized carbons (Fsp3) is 0.235. The molecule has 2 rings (SSSR count). The zero-order chi connectivity index (χ0) is 17.4. The van der Waals surface area contributed by atoms with Crippen molar-refractivity contribution in [1.82, 2.24) is 0 Å². The third kappa shape index (κ3) is 4.99. The maximum atomic E-state index is 12.1. The first-order valence-electron chi connectivity index (χ1n) is 7.36. The Balaban J connectivity index is 1.96. The van der Waals surface area contributed by atoms with E-state index >= 15 is 0 Å². The van der Waals surface area contributed by atoms with Crippen LogP contribution in [0.3, 0.4) is 0 Å². The highest BCUT2D eigenvalue weighted by Gasteiger charge is 2.06. The van der Waals surface area contributed by atoms with Crippen LogP contribution in [0.5, 0.6) is 11.5 Å². The highest BCUT2D eigenvalue weighted by Crippen LogP contribution is 2.28. The summed E-state index contributed by atoms with van der Waals surface area (Å²) in [6.45, 7) is 0.354. The van der Waals surface area contributed by atoms with E-state index in [1.807, 2.05) is 30.3 Å². The molecule has 2 aromatic carbocycles. The van der Waals surface area contributed by atoms with Gasteiger partial charge in [-0.1, -0.05) is 18.2 Å². The molecule has 0 aliphatic heterocycles. The molecule has 0 aromatic heterocycles. The van der Waals surface area contributed by atoms with E-state index in [4.69, 9.17) is 15.2 Å². The quantitative estimate of drug-likeness (QED) is 0.592. The Morgan fingerprint density at radius 3 is 2.58 bits per heavy atom. The molecule has 0 amide bonds. The van der Waals surface area contributed by atoms with E-state index in [1.54, 1.807) is 32.4 Å². The van der Waals surface area contributed by atoms with Crippen LogP contribution in [-0.4, -0.2) is 36.7 Å². The molecule has 0 heterocycles. The van der Waals surface area contributed by atoms with Crippen LogP contribution in [0, 0.1) is 0 Å². The van der Waals surface area contributed by atoms with Crippen molar-refractivity contribution in [2.24, 2.45) is 10.7 Å². The molecule has 0 spiro atoms. The third-order valence-electron chi connectivity index (χ3n) is 3.23. The van der Waals surface area contributed by atoms with Crippen molar-refractivity contribution in [3.63, 3.8) is 0 Å². The first-order chi connectivity index (χ1) is 11.6. The first-order valence-corrected chi connectivity index (χ1v) is 8.68. The Labute approximate surface area is 144 Å². The van der Waals surface area contributed by atoms with Crippen LogP contribution in [0.2, 0.25) is 0 Å². The molecule has 0 fully saturated rings. The number of nitrogens with one attached hydrogen (secondary N) is 1. The van der Waals surface area contributed by atoms with Gasteiger partial charge < -0.3 is 20.5 Å². The van der Waals surface area contributed by atoms with Crippen molar-refractivity contribution >= 4 is 22.4 Å². The molecule has 0 aliphatic carbocycles. The number of hydrogen-bond acceptors (Lipinski definition) is 4. The number of anilines is 1. The van der Waals surface area contributed by atoms with E-state index in [2.05, 4.69) is 10.3 Å². The Kier molecular flexibility index (Phi) is 6.62. The second-order valence-corrected chi connectivity index (χ2v) is 6.39. The molecule has 128 valence electrons. The summed E-state index contributed by atoms with van der Waals surface area (Å²) in [5.41, 5.74) is 6.54. The largest absolute Gasteiger partial charge is 0.497 e. The Bertz CT molecular complexity index is 720. The summed E-state index contributed by atoms with van der Waals surface area (Å²) in [4.78, 5) is 5.00. The van der Waals surface area contributed by atoms with Crippen LogP contribution in [0.15, 0.2) is 58.4 Å². The van der Waals surface area contributed by atoms with E-state index in [-0.39, 0.29) is 5.96 Å². The predicted molar refractivity (Wildman–Crippen MR) is 97.4 cm³/mol. The van der Waals surface area contributed by atoms with Crippen LogP contribution in [0.25, 0.3) is 0 Å². The van der Waals surface area contributed by atoms with Gasteiger partial charge in [0.25, 0.3) is 0 Å². The topological polar surface area (TPSA) is 85.9 Å². The number of rotatable bonds is 7. The maximum absolute atomic E-state index is 12.1. The summed E-state index contributed by atoms with van der Waals surface area (Å²) >= 11 is 0. The van der Waals surface area contributed by atoms with E-state index < -0.39 is 10.8 Å². The lowest BCUT2D eigenvalue weighted by Crippen LogP contribution is -2.23. The number of hydrogen-bond donors (Lipinski definition) is 2. The minimum Gasteiger partial charge on any atom is -0.497 e. The summed E-state index contributed by atoms with van der Waals surface area (Å²) in [6, 6.07) is 14.6. The van der Waals surface area contributed by atoms with Crippen molar-refractivity contribution < 1.29 is 13.7 Å². The lowest BCUT2D eigenvalue weighted by atomic mass is 10.2. The predicted octanol–water partition coefficient (Wildman–Crippen LogP) is 2.24. The number of methoxy groups -OCH3 is 2. The second kappa shape index (κ2) is 8.93. The van der Waals surface area contributed by atoms with Gasteiger partial charge in [0.2, 0.25) is 0 Å². The van der Waals surface area contributed by atoms with Gasteiger partial charge in [-0.25, -0.2) is 0 Å². The van der Waals surface area contributed by atoms with Gasteiger partial charge in [-0.05, 0) is 24.3 Å². The minimum atomic E-state index is -1.09. The van der Waals surface area contributed by atoms with E-state index in [9.17, 15) is 4.21 Å². The van der Waals surface area contributed by atoms with Gasteiger partial charge in [0.1, 0.15) is 11.5 Å². The van der Waals surface area contributed by atoms with Gasteiger partial charge in [-0.15, -0.1) is 0 Å². The molecule has 0 bridgehead atoms. The van der Waals surface area contributed by atoms with Gasteiger partial charge in [0, 0.05) is 16.7 Å². The summed E-state index contributed by atoms with van der Waals surface area (Å²) in [7, 11) is 2.07. The molecule has 0 saturated heterocycles. The molecule has 0 aliphatic rings. The highest BCUT2D eigenvalue weighted by atomic mass is 32.2. The van der Waals surface area contributed by atoms with E-state index in [1.165, 1.54) is 0 Å². The van der Waals surface area contributed by atoms with Crippen LogP contribution in [0.4, 0.5) is 5.69 Å². The lowest BCUT2D eigenvalue weighted by Gasteiger charge is -2.12. The fourth-order valence-corrected chi connectivity index (χ4v) is 2.98. The van der Waals surface area contributed by atoms with Gasteiger partial charge in [-0.2, -0.15) is 0 Å². The molecule has 7 heteroatoms. The molecular weight excluding hydrogens is 326 g/mol. The Morgan fingerprint density at radius 2 is 1.92 bits per heavy atom. The summed E-state index contributed by atoms with van der Waals surface area (Å²) < 4.78 is 22.6. The normalized spacial score (nSPS) is 12.5. The van der Waals surface area contributed by atoms with Crippen LogP contribution in [-0.2, 0) is 10.8 Å². The van der Waals surface area contributed by atoms with Crippen LogP contribution in [0.1, 0.15) is 0 Å². The summed E-state index contributed by atoms with van der Waals surface area (Å²) in [5.74, 6) is 1.94.